The van der Waals surface area contributed by atoms with E-state index < -0.39 is 23.4 Å². The number of ether oxygens (including phenoxy) is 4. The zero-order valence-electron chi connectivity index (χ0n) is 19.0. The van der Waals surface area contributed by atoms with Crippen molar-refractivity contribution in [3.8, 4) is 0 Å². The average molecular weight is 451 g/mol. The van der Waals surface area contributed by atoms with Crippen LogP contribution in [0.5, 0.6) is 0 Å². The van der Waals surface area contributed by atoms with Crippen LogP contribution in [0, 0.1) is 0 Å². The van der Waals surface area contributed by atoms with E-state index in [9.17, 15) is 9.59 Å². The Balaban J connectivity index is 3.44. The van der Waals surface area contributed by atoms with Crippen molar-refractivity contribution < 1.29 is 28.5 Å². The van der Waals surface area contributed by atoms with Crippen molar-refractivity contribution in [2.75, 3.05) is 52.6 Å². The molecular formula is C19H38N4O6S. The minimum absolute atomic E-state index is 0.373. The molecule has 10 nitrogen and oxygen atoms in total. The third-order valence-electron chi connectivity index (χ3n) is 2.89. The van der Waals surface area contributed by atoms with E-state index in [2.05, 4.69) is 21.3 Å². The van der Waals surface area contributed by atoms with Crippen molar-refractivity contribution in [1.82, 2.24) is 21.3 Å². The SMILES string of the molecule is CC(C)(C)OC(=O)NCCOCCNC(=S)NCCOCCNC(=O)OC(C)(C)C. The molecule has 0 rings (SSSR count). The Morgan fingerprint density at radius 2 is 0.933 bits per heavy atom. The van der Waals surface area contributed by atoms with Crippen LogP contribution in [0.15, 0.2) is 0 Å². The van der Waals surface area contributed by atoms with Gasteiger partial charge in [-0.3, -0.25) is 0 Å². The molecule has 0 bridgehead atoms. The lowest BCUT2D eigenvalue weighted by Gasteiger charge is -2.19. The van der Waals surface area contributed by atoms with E-state index in [1.165, 1.54) is 0 Å². The minimum atomic E-state index is -0.514. The molecule has 0 fully saturated rings. The molecule has 0 aromatic carbocycles. The third kappa shape index (κ3) is 20.9. The minimum Gasteiger partial charge on any atom is -0.444 e. The van der Waals surface area contributed by atoms with Crippen LogP contribution < -0.4 is 21.3 Å². The highest BCUT2D eigenvalue weighted by atomic mass is 32.1. The molecule has 2 amide bonds. The second-order valence-corrected chi connectivity index (χ2v) is 8.67. The van der Waals surface area contributed by atoms with Crippen LogP contribution in [0.4, 0.5) is 9.59 Å². The number of hydrogen-bond donors (Lipinski definition) is 4. The van der Waals surface area contributed by atoms with E-state index in [4.69, 9.17) is 31.2 Å². The molecule has 4 N–H and O–H groups in total. The number of nitrogens with one attached hydrogen (secondary N) is 4. The van der Waals surface area contributed by atoms with Gasteiger partial charge in [0, 0.05) is 26.2 Å². The topological polar surface area (TPSA) is 119 Å². The molecule has 176 valence electrons. The molecule has 0 aliphatic heterocycles. The molecule has 0 atom stereocenters. The summed E-state index contributed by atoms with van der Waals surface area (Å²) in [5.41, 5.74) is -1.03. The van der Waals surface area contributed by atoms with Gasteiger partial charge in [-0.15, -0.1) is 0 Å². The number of carbonyl (C=O) groups is 2. The van der Waals surface area contributed by atoms with Gasteiger partial charge in [0.1, 0.15) is 11.2 Å². The number of thiocarbonyl (C=S) groups is 1. The molecule has 11 heteroatoms. The fraction of sp³-hybridized carbons (Fsp3) is 0.842. The van der Waals surface area contributed by atoms with Crippen molar-refractivity contribution in [2.45, 2.75) is 52.7 Å². The maximum absolute atomic E-state index is 11.4. The lowest BCUT2D eigenvalue weighted by atomic mass is 10.2. The number of amides is 2. The van der Waals surface area contributed by atoms with Crippen LogP contribution in [0.25, 0.3) is 0 Å². The van der Waals surface area contributed by atoms with E-state index in [-0.39, 0.29) is 0 Å². The lowest BCUT2D eigenvalue weighted by molar-refractivity contribution is 0.0491. The predicted molar refractivity (Wildman–Crippen MR) is 119 cm³/mol. The second-order valence-electron chi connectivity index (χ2n) is 8.26. The first-order valence-corrected chi connectivity index (χ1v) is 10.4. The summed E-state index contributed by atoms with van der Waals surface area (Å²) in [6.07, 6.45) is -0.921. The van der Waals surface area contributed by atoms with Gasteiger partial charge in [-0.1, -0.05) is 0 Å². The molecule has 0 aromatic rings. The van der Waals surface area contributed by atoms with Crippen molar-refractivity contribution in [3.63, 3.8) is 0 Å². The first-order chi connectivity index (χ1) is 13.9. The highest BCUT2D eigenvalue weighted by molar-refractivity contribution is 7.80. The van der Waals surface area contributed by atoms with E-state index >= 15 is 0 Å². The van der Waals surface area contributed by atoms with E-state index in [1.807, 2.05) is 41.5 Å². The molecule has 0 saturated heterocycles. The molecule has 0 unspecified atom stereocenters. The summed E-state index contributed by atoms with van der Waals surface area (Å²) in [6, 6.07) is 0. The molecule has 0 aliphatic rings. The van der Waals surface area contributed by atoms with Crippen LogP contribution in [-0.4, -0.2) is 81.1 Å². The van der Waals surface area contributed by atoms with Crippen molar-refractivity contribution in [3.05, 3.63) is 0 Å². The molecule has 0 aromatic heterocycles. The Morgan fingerprint density at radius 1 is 0.633 bits per heavy atom. The first-order valence-electron chi connectivity index (χ1n) is 10.00. The van der Waals surface area contributed by atoms with Gasteiger partial charge in [0.25, 0.3) is 0 Å². The molecule has 0 heterocycles. The lowest BCUT2D eigenvalue weighted by Crippen LogP contribution is -2.39. The van der Waals surface area contributed by atoms with Gasteiger partial charge in [0.15, 0.2) is 5.11 Å². The normalized spacial score (nSPS) is 11.4. The Morgan fingerprint density at radius 3 is 1.23 bits per heavy atom. The number of carbonyl (C=O) groups excluding carboxylic acids is 2. The van der Waals surface area contributed by atoms with Gasteiger partial charge in [0.05, 0.1) is 26.4 Å². The highest BCUT2D eigenvalue weighted by Gasteiger charge is 2.16. The molecule has 0 saturated carbocycles. The maximum Gasteiger partial charge on any atom is 0.407 e. The summed E-state index contributed by atoms with van der Waals surface area (Å²) in [4.78, 5) is 22.9. The summed E-state index contributed by atoms with van der Waals surface area (Å²) in [5, 5.41) is 11.7. The van der Waals surface area contributed by atoms with Crippen molar-refractivity contribution >= 4 is 29.5 Å². The summed E-state index contributed by atoms with van der Waals surface area (Å²) < 4.78 is 21.0. The summed E-state index contributed by atoms with van der Waals surface area (Å²) in [5.74, 6) is 0. The monoisotopic (exact) mass is 450 g/mol. The van der Waals surface area contributed by atoms with Gasteiger partial charge in [-0.2, -0.15) is 0 Å². The third-order valence-corrected chi connectivity index (χ3v) is 3.18. The Labute approximate surface area is 185 Å². The summed E-state index contributed by atoms with van der Waals surface area (Å²) in [6.45, 7) is 14.3. The van der Waals surface area contributed by atoms with E-state index in [0.717, 1.165) is 0 Å². The van der Waals surface area contributed by atoms with Gasteiger partial charge >= 0.3 is 12.2 Å². The molecule has 30 heavy (non-hydrogen) atoms. The summed E-state index contributed by atoms with van der Waals surface area (Å²) in [7, 11) is 0. The largest absolute Gasteiger partial charge is 0.444 e. The maximum atomic E-state index is 11.4. The number of hydrogen-bond acceptors (Lipinski definition) is 7. The Hall–Kier alpha value is -1.85. The fourth-order valence-electron chi connectivity index (χ4n) is 1.82. The molecule has 0 radical (unpaired) electrons. The number of alkyl carbamates (subject to hydrolysis) is 2. The van der Waals surface area contributed by atoms with Crippen LogP contribution in [0.2, 0.25) is 0 Å². The first kappa shape index (κ1) is 28.1. The molecule has 0 spiro atoms. The van der Waals surface area contributed by atoms with Crippen LogP contribution in [-0.2, 0) is 18.9 Å². The van der Waals surface area contributed by atoms with Crippen molar-refractivity contribution in [2.24, 2.45) is 0 Å². The molecule has 0 aliphatic carbocycles. The van der Waals surface area contributed by atoms with Gasteiger partial charge in [0.2, 0.25) is 0 Å². The van der Waals surface area contributed by atoms with Crippen molar-refractivity contribution in [1.29, 1.82) is 0 Å². The zero-order valence-corrected chi connectivity index (χ0v) is 19.8. The van der Waals surface area contributed by atoms with E-state index in [0.29, 0.717) is 57.7 Å². The molecular weight excluding hydrogens is 412 g/mol. The fourth-order valence-corrected chi connectivity index (χ4v) is 2.02. The average Bonchev–Trinajstić information content (AvgIpc) is 2.56. The number of rotatable bonds is 12. The van der Waals surface area contributed by atoms with Gasteiger partial charge in [-0.05, 0) is 53.8 Å². The van der Waals surface area contributed by atoms with Gasteiger partial charge in [-0.25, -0.2) is 9.59 Å². The Kier molecular flexibility index (Phi) is 14.1. The standard InChI is InChI=1S/C19H38N4O6S/c1-18(2,3)28-16(24)22-9-13-26-11-7-20-15(30)21-8-12-27-14-10-23-17(25)29-19(4,5)6/h7-14H2,1-6H3,(H,22,24)(H,23,25)(H2,20,21,30). The van der Waals surface area contributed by atoms with Crippen LogP contribution in [0.1, 0.15) is 41.5 Å². The highest BCUT2D eigenvalue weighted by Crippen LogP contribution is 2.06. The zero-order chi connectivity index (χ0) is 23.0. The van der Waals surface area contributed by atoms with Crippen LogP contribution in [0.3, 0.4) is 0 Å². The second kappa shape index (κ2) is 15.0. The quantitative estimate of drug-likeness (QED) is 0.259. The predicted octanol–water partition coefficient (Wildman–Crippen LogP) is 1.53. The van der Waals surface area contributed by atoms with E-state index in [1.54, 1.807) is 0 Å². The van der Waals surface area contributed by atoms with Crippen LogP contribution >= 0.6 is 12.2 Å². The summed E-state index contributed by atoms with van der Waals surface area (Å²) >= 11 is 5.14. The van der Waals surface area contributed by atoms with Gasteiger partial charge < -0.3 is 40.2 Å². The smallest absolute Gasteiger partial charge is 0.407 e. The Bertz CT molecular complexity index is 476.